The summed E-state index contributed by atoms with van der Waals surface area (Å²) in [5, 5.41) is 7.23. The van der Waals surface area contributed by atoms with Gasteiger partial charge in [0.1, 0.15) is 5.82 Å². The molecule has 0 unspecified atom stereocenters. The maximum atomic E-state index is 13.0. The van der Waals surface area contributed by atoms with Gasteiger partial charge in [-0.25, -0.2) is 4.39 Å². The first-order valence-electron chi connectivity index (χ1n) is 8.12. The number of halogens is 1. The summed E-state index contributed by atoms with van der Waals surface area (Å²) in [5.41, 5.74) is 2.25. The lowest BCUT2D eigenvalue weighted by Gasteiger charge is -2.13. The van der Waals surface area contributed by atoms with Crippen molar-refractivity contribution in [3.63, 3.8) is 0 Å². The number of rotatable bonds is 5. The molecular formula is C18H22FN3O. The van der Waals surface area contributed by atoms with Crippen molar-refractivity contribution in [1.82, 2.24) is 15.1 Å². The van der Waals surface area contributed by atoms with Crippen LogP contribution in [0.15, 0.2) is 36.7 Å². The van der Waals surface area contributed by atoms with Crippen LogP contribution in [0.3, 0.4) is 0 Å². The zero-order chi connectivity index (χ0) is 16.2. The Balaban J connectivity index is 1.45. The van der Waals surface area contributed by atoms with E-state index in [1.54, 1.807) is 10.9 Å². The first kappa shape index (κ1) is 15.7. The Morgan fingerprint density at radius 2 is 2.13 bits per heavy atom. The van der Waals surface area contributed by atoms with Crippen LogP contribution in [-0.2, 0) is 18.3 Å². The Kier molecular flexibility index (Phi) is 4.74. The van der Waals surface area contributed by atoms with Crippen molar-refractivity contribution in [2.45, 2.75) is 44.1 Å². The Hall–Kier alpha value is -2.17. The highest BCUT2D eigenvalue weighted by Crippen LogP contribution is 2.34. The molecule has 1 aliphatic carbocycles. The van der Waals surface area contributed by atoms with Crippen LogP contribution >= 0.6 is 0 Å². The molecule has 122 valence electrons. The standard InChI is InChI=1S/C18H22FN3O/c1-22-12-13(11-20-22)2-9-18(23)21-17-8-5-15(10-17)14-3-6-16(19)7-4-14/h3-4,6-7,11-12,15,17H,2,5,8-10H2,1H3,(H,21,23)/t15-,17+/m0/s1. The van der Waals surface area contributed by atoms with Crippen molar-refractivity contribution in [3.05, 3.63) is 53.6 Å². The minimum absolute atomic E-state index is 0.0959. The second kappa shape index (κ2) is 6.94. The van der Waals surface area contributed by atoms with Gasteiger partial charge in [0.2, 0.25) is 5.91 Å². The lowest BCUT2D eigenvalue weighted by Crippen LogP contribution is -2.32. The Bertz CT molecular complexity index is 665. The third-order valence-corrected chi connectivity index (χ3v) is 4.54. The van der Waals surface area contributed by atoms with E-state index < -0.39 is 0 Å². The van der Waals surface area contributed by atoms with Gasteiger partial charge < -0.3 is 5.32 Å². The van der Waals surface area contributed by atoms with Gasteiger partial charge in [-0.05, 0) is 54.9 Å². The second-order valence-electron chi connectivity index (χ2n) is 6.35. The van der Waals surface area contributed by atoms with E-state index >= 15 is 0 Å². The van der Waals surface area contributed by atoms with Crippen molar-refractivity contribution < 1.29 is 9.18 Å². The van der Waals surface area contributed by atoms with E-state index in [9.17, 15) is 9.18 Å². The van der Waals surface area contributed by atoms with Crippen LogP contribution in [0.5, 0.6) is 0 Å². The maximum Gasteiger partial charge on any atom is 0.220 e. The van der Waals surface area contributed by atoms with Crippen LogP contribution < -0.4 is 5.32 Å². The van der Waals surface area contributed by atoms with Gasteiger partial charge in [-0.3, -0.25) is 9.48 Å². The number of carbonyl (C=O) groups excluding carboxylic acids is 1. The molecule has 0 bridgehead atoms. The number of hydrogen-bond acceptors (Lipinski definition) is 2. The molecular weight excluding hydrogens is 293 g/mol. The number of benzene rings is 1. The van der Waals surface area contributed by atoms with Crippen LogP contribution in [-0.4, -0.2) is 21.7 Å². The minimum atomic E-state index is -0.202. The fourth-order valence-corrected chi connectivity index (χ4v) is 3.31. The number of hydrogen-bond donors (Lipinski definition) is 1. The highest BCUT2D eigenvalue weighted by Gasteiger charge is 2.26. The quantitative estimate of drug-likeness (QED) is 0.922. The molecule has 2 aromatic rings. The number of carbonyl (C=O) groups is 1. The number of nitrogens with zero attached hydrogens (tertiary/aromatic N) is 2. The molecule has 0 radical (unpaired) electrons. The maximum absolute atomic E-state index is 13.0. The van der Waals surface area contributed by atoms with E-state index in [2.05, 4.69) is 10.4 Å². The summed E-state index contributed by atoms with van der Waals surface area (Å²) >= 11 is 0. The summed E-state index contributed by atoms with van der Waals surface area (Å²) in [5.74, 6) is 0.310. The van der Waals surface area contributed by atoms with E-state index in [0.29, 0.717) is 18.8 Å². The predicted molar refractivity (Wildman–Crippen MR) is 86.5 cm³/mol. The second-order valence-corrected chi connectivity index (χ2v) is 6.35. The van der Waals surface area contributed by atoms with E-state index in [1.807, 2.05) is 25.4 Å². The summed E-state index contributed by atoms with van der Waals surface area (Å²) in [4.78, 5) is 12.1. The molecule has 0 spiro atoms. The third kappa shape index (κ3) is 4.18. The Labute approximate surface area is 135 Å². The molecule has 1 aliphatic rings. The molecule has 1 amide bonds. The molecule has 23 heavy (non-hydrogen) atoms. The summed E-state index contributed by atoms with van der Waals surface area (Å²) in [6.45, 7) is 0. The number of amides is 1. The number of aryl methyl sites for hydroxylation is 2. The third-order valence-electron chi connectivity index (χ3n) is 4.54. The van der Waals surface area contributed by atoms with Gasteiger partial charge in [0.15, 0.2) is 0 Å². The topological polar surface area (TPSA) is 46.9 Å². The van der Waals surface area contributed by atoms with Crippen LogP contribution in [0.1, 0.15) is 42.7 Å². The van der Waals surface area contributed by atoms with Crippen molar-refractivity contribution in [2.24, 2.45) is 7.05 Å². The molecule has 1 fully saturated rings. The molecule has 1 heterocycles. The van der Waals surface area contributed by atoms with Crippen molar-refractivity contribution in [2.75, 3.05) is 0 Å². The number of aromatic nitrogens is 2. The van der Waals surface area contributed by atoms with Gasteiger partial charge in [0.25, 0.3) is 0 Å². The highest BCUT2D eigenvalue weighted by molar-refractivity contribution is 5.76. The summed E-state index contributed by atoms with van der Waals surface area (Å²) in [6, 6.07) is 6.95. The fraction of sp³-hybridized carbons (Fsp3) is 0.444. The van der Waals surface area contributed by atoms with Gasteiger partial charge in [-0.2, -0.15) is 5.10 Å². The normalized spacial score (nSPS) is 20.6. The zero-order valence-electron chi connectivity index (χ0n) is 13.3. The molecule has 1 N–H and O–H groups in total. The summed E-state index contributed by atoms with van der Waals surface area (Å²) < 4.78 is 14.7. The largest absolute Gasteiger partial charge is 0.353 e. The van der Waals surface area contributed by atoms with Gasteiger partial charge >= 0.3 is 0 Å². The molecule has 0 aliphatic heterocycles. The van der Waals surface area contributed by atoms with Crippen molar-refractivity contribution >= 4 is 5.91 Å². The van der Waals surface area contributed by atoms with E-state index in [-0.39, 0.29) is 17.8 Å². The molecule has 1 saturated carbocycles. The first-order chi connectivity index (χ1) is 11.1. The van der Waals surface area contributed by atoms with Crippen LogP contribution in [0, 0.1) is 5.82 Å². The molecule has 2 atom stereocenters. The van der Waals surface area contributed by atoms with Crippen LogP contribution in [0.2, 0.25) is 0 Å². The molecule has 4 nitrogen and oxygen atoms in total. The average molecular weight is 315 g/mol. The van der Waals surface area contributed by atoms with Gasteiger partial charge in [0.05, 0.1) is 6.20 Å². The van der Waals surface area contributed by atoms with Crippen LogP contribution in [0.4, 0.5) is 4.39 Å². The van der Waals surface area contributed by atoms with Gasteiger partial charge in [0, 0.05) is 25.7 Å². The summed E-state index contributed by atoms with van der Waals surface area (Å²) in [6.07, 6.45) is 7.90. The van der Waals surface area contributed by atoms with E-state index in [0.717, 1.165) is 24.8 Å². The Morgan fingerprint density at radius 3 is 2.83 bits per heavy atom. The molecule has 0 saturated heterocycles. The fourth-order valence-electron chi connectivity index (χ4n) is 3.31. The predicted octanol–water partition coefficient (Wildman–Crippen LogP) is 2.94. The minimum Gasteiger partial charge on any atom is -0.353 e. The molecule has 3 rings (SSSR count). The lowest BCUT2D eigenvalue weighted by molar-refractivity contribution is -0.121. The smallest absolute Gasteiger partial charge is 0.220 e. The number of nitrogens with one attached hydrogen (secondary N) is 1. The van der Waals surface area contributed by atoms with Crippen molar-refractivity contribution in [1.29, 1.82) is 0 Å². The average Bonchev–Trinajstić information content (AvgIpc) is 3.15. The molecule has 5 heteroatoms. The highest BCUT2D eigenvalue weighted by atomic mass is 19.1. The Morgan fingerprint density at radius 1 is 1.35 bits per heavy atom. The van der Waals surface area contributed by atoms with Gasteiger partial charge in [-0.15, -0.1) is 0 Å². The van der Waals surface area contributed by atoms with Crippen molar-refractivity contribution in [3.8, 4) is 0 Å². The van der Waals surface area contributed by atoms with Crippen LogP contribution in [0.25, 0.3) is 0 Å². The monoisotopic (exact) mass is 315 g/mol. The zero-order valence-corrected chi connectivity index (χ0v) is 13.3. The van der Waals surface area contributed by atoms with E-state index in [1.165, 1.54) is 17.7 Å². The first-order valence-corrected chi connectivity index (χ1v) is 8.12. The SMILES string of the molecule is Cn1cc(CCC(=O)N[C@@H]2CC[C@H](c3ccc(F)cc3)C2)cn1. The lowest BCUT2D eigenvalue weighted by atomic mass is 9.97. The van der Waals surface area contributed by atoms with E-state index in [4.69, 9.17) is 0 Å². The van der Waals surface area contributed by atoms with Gasteiger partial charge in [-0.1, -0.05) is 12.1 Å². The summed E-state index contributed by atoms with van der Waals surface area (Å²) in [7, 11) is 1.87. The molecule has 1 aromatic carbocycles. The molecule has 1 aromatic heterocycles.